The van der Waals surface area contributed by atoms with Gasteiger partial charge in [-0.3, -0.25) is 9.59 Å². The minimum Gasteiger partial charge on any atom is -0.391 e. The second-order valence-electron chi connectivity index (χ2n) is 6.69. The first-order valence-corrected chi connectivity index (χ1v) is 8.19. The van der Waals surface area contributed by atoms with Crippen LogP contribution < -0.4 is 10.6 Å². The Morgan fingerprint density at radius 2 is 1.43 bits per heavy atom. The van der Waals surface area contributed by atoms with Crippen LogP contribution in [0.2, 0.25) is 0 Å². The maximum Gasteiger partial charge on any atom is 0.222 e. The zero-order valence-corrected chi connectivity index (χ0v) is 15.0. The van der Waals surface area contributed by atoms with Crippen molar-refractivity contribution in [1.82, 2.24) is 15.5 Å². The molecule has 1 unspecified atom stereocenters. The van der Waals surface area contributed by atoms with E-state index in [0.29, 0.717) is 19.4 Å². The number of hydrogen-bond donors (Lipinski definition) is 4. The number of carbonyl (C=O) groups excluding carboxylic acids is 2. The van der Waals surface area contributed by atoms with Gasteiger partial charge in [0.05, 0.1) is 12.2 Å². The first kappa shape index (κ1) is 21.8. The fraction of sp³-hybridized carbons (Fsp3) is 0.875. The van der Waals surface area contributed by atoms with Crippen molar-refractivity contribution in [3.05, 3.63) is 0 Å². The van der Waals surface area contributed by atoms with Crippen LogP contribution in [0.5, 0.6) is 0 Å². The molecule has 2 amide bonds. The van der Waals surface area contributed by atoms with Crippen molar-refractivity contribution in [2.75, 3.05) is 33.7 Å². The Bertz CT molecular complexity index is 361. The summed E-state index contributed by atoms with van der Waals surface area (Å²) in [5.41, 5.74) is 0. The lowest BCUT2D eigenvalue weighted by Gasteiger charge is -2.19. The van der Waals surface area contributed by atoms with Crippen molar-refractivity contribution in [2.45, 2.75) is 45.8 Å². The molecule has 7 nitrogen and oxygen atoms in total. The average Bonchev–Trinajstić information content (AvgIpc) is 2.46. The maximum atomic E-state index is 11.9. The van der Waals surface area contributed by atoms with Gasteiger partial charge in [0.25, 0.3) is 0 Å². The molecule has 0 aromatic rings. The monoisotopic (exact) mass is 331 g/mol. The summed E-state index contributed by atoms with van der Waals surface area (Å²) >= 11 is 0. The van der Waals surface area contributed by atoms with Crippen LogP contribution in [0.4, 0.5) is 0 Å². The van der Waals surface area contributed by atoms with E-state index in [4.69, 9.17) is 0 Å². The molecule has 0 heterocycles. The van der Waals surface area contributed by atoms with E-state index in [0.717, 1.165) is 0 Å². The molecule has 0 aromatic carbocycles. The van der Waals surface area contributed by atoms with Crippen molar-refractivity contribution >= 4 is 11.8 Å². The summed E-state index contributed by atoms with van der Waals surface area (Å²) < 4.78 is 0. The van der Waals surface area contributed by atoms with Gasteiger partial charge >= 0.3 is 0 Å². The summed E-state index contributed by atoms with van der Waals surface area (Å²) in [5.74, 6) is -0.594. The summed E-state index contributed by atoms with van der Waals surface area (Å²) in [4.78, 5) is 25.2. The van der Waals surface area contributed by atoms with E-state index in [2.05, 4.69) is 10.6 Å². The minimum absolute atomic E-state index is 0.0929. The quantitative estimate of drug-likeness (QED) is 0.412. The van der Waals surface area contributed by atoms with E-state index in [1.807, 2.05) is 19.0 Å². The third-order valence-corrected chi connectivity index (χ3v) is 3.50. The van der Waals surface area contributed by atoms with E-state index >= 15 is 0 Å². The van der Waals surface area contributed by atoms with E-state index in [9.17, 15) is 19.8 Å². The summed E-state index contributed by atoms with van der Waals surface area (Å²) in [6.45, 7) is 6.27. The van der Waals surface area contributed by atoms with Crippen LogP contribution in [0.1, 0.15) is 33.6 Å². The van der Waals surface area contributed by atoms with Crippen molar-refractivity contribution < 1.29 is 19.8 Å². The molecule has 0 radical (unpaired) electrons. The highest BCUT2D eigenvalue weighted by molar-refractivity contribution is 5.78. The summed E-state index contributed by atoms with van der Waals surface area (Å²) in [6.07, 6.45) is -0.299. The van der Waals surface area contributed by atoms with Crippen molar-refractivity contribution in [3.63, 3.8) is 0 Å². The van der Waals surface area contributed by atoms with Crippen molar-refractivity contribution in [2.24, 2.45) is 11.8 Å². The van der Waals surface area contributed by atoms with Crippen LogP contribution in [0.15, 0.2) is 0 Å². The lowest BCUT2D eigenvalue weighted by molar-refractivity contribution is -0.126. The number of likely N-dealkylation sites (N-methyl/N-ethyl adjacent to an activating group) is 1. The molecule has 136 valence electrons. The Hall–Kier alpha value is -1.18. The lowest BCUT2D eigenvalue weighted by atomic mass is 10.0. The van der Waals surface area contributed by atoms with Crippen molar-refractivity contribution in [1.29, 1.82) is 0 Å². The zero-order chi connectivity index (χ0) is 18.0. The van der Waals surface area contributed by atoms with Crippen molar-refractivity contribution in [3.8, 4) is 0 Å². The topological polar surface area (TPSA) is 102 Å². The largest absolute Gasteiger partial charge is 0.391 e. The molecule has 23 heavy (non-hydrogen) atoms. The Labute approximate surface area is 139 Å². The van der Waals surface area contributed by atoms with Gasteiger partial charge in [-0.1, -0.05) is 20.8 Å². The van der Waals surface area contributed by atoms with E-state index < -0.39 is 12.2 Å². The number of hydrogen-bond acceptors (Lipinski definition) is 5. The SMILES string of the molecule is CC(C)C(=O)NC[C@H](O)CCC(C)C(=O)NC[C@H](O)CN(C)C. The molecule has 0 aromatic heterocycles. The molecule has 0 fully saturated rings. The summed E-state index contributed by atoms with van der Waals surface area (Å²) in [6, 6.07) is 0. The molecule has 3 atom stereocenters. The number of aliphatic hydroxyl groups excluding tert-OH is 2. The molecule has 0 aliphatic carbocycles. The number of aliphatic hydroxyl groups is 2. The second kappa shape index (κ2) is 11.4. The Morgan fingerprint density at radius 3 is 1.96 bits per heavy atom. The number of amides is 2. The predicted molar refractivity (Wildman–Crippen MR) is 89.8 cm³/mol. The standard InChI is InChI=1S/C16H33N3O4/c1-11(2)15(22)17-8-13(20)7-6-12(3)16(23)18-9-14(21)10-19(4)5/h11-14,20-21H,6-10H2,1-5H3,(H,17,22)(H,18,23)/t12?,13-,14+/m1/s1. The first-order chi connectivity index (χ1) is 10.6. The molecule has 0 spiro atoms. The average molecular weight is 331 g/mol. The van der Waals surface area contributed by atoms with Crippen LogP contribution in [0.25, 0.3) is 0 Å². The molecule has 7 heteroatoms. The van der Waals surface area contributed by atoms with Gasteiger partial charge in [0.1, 0.15) is 0 Å². The summed E-state index contributed by atoms with van der Waals surface area (Å²) in [7, 11) is 3.71. The van der Waals surface area contributed by atoms with Crippen LogP contribution in [-0.2, 0) is 9.59 Å². The molecular weight excluding hydrogens is 298 g/mol. The van der Waals surface area contributed by atoms with Gasteiger partial charge < -0.3 is 25.7 Å². The molecule has 4 N–H and O–H groups in total. The maximum absolute atomic E-state index is 11.9. The van der Waals surface area contributed by atoms with E-state index in [1.54, 1.807) is 20.8 Å². The number of nitrogens with zero attached hydrogens (tertiary/aromatic N) is 1. The zero-order valence-electron chi connectivity index (χ0n) is 15.0. The smallest absolute Gasteiger partial charge is 0.222 e. The highest BCUT2D eigenvalue weighted by Crippen LogP contribution is 2.08. The number of rotatable bonds is 11. The van der Waals surface area contributed by atoms with Crippen LogP contribution in [-0.4, -0.2) is 72.9 Å². The van der Waals surface area contributed by atoms with E-state index in [1.165, 1.54) is 0 Å². The Kier molecular flexibility index (Phi) is 10.8. The molecule has 0 saturated heterocycles. The van der Waals surface area contributed by atoms with Gasteiger partial charge in [-0.15, -0.1) is 0 Å². The van der Waals surface area contributed by atoms with Gasteiger partial charge in [0, 0.05) is 31.5 Å². The highest BCUT2D eigenvalue weighted by atomic mass is 16.3. The third-order valence-electron chi connectivity index (χ3n) is 3.50. The van der Waals surface area contributed by atoms with Crippen LogP contribution in [0.3, 0.4) is 0 Å². The van der Waals surface area contributed by atoms with Crippen LogP contribution in [0, 0.1) is 11.8 Å². The Balaban J connectivity index is 3.92. The van der Waals surface area contributed by atoms with Gasteiger partial charge in [-0.05, 0) is 26.9 Å². The normalized spacial score (nSPS) is 15.3. The fourth-order valence-corrected chi connectivity index (χ4v) is 1.98. The first-order valence-electron chi connectivity index (χ1n) is 8.19. The second-order valence-corrected chi connectivity index (χ2v) is 6.69. The molecular formula is C16H33N3O4. The molecule has 0 rings (SSSR count). The van der Waals surface area contributed by atoms with Gasteiger partial charge in [-0.2, -0.15) is 0 Å². The van der Waals surface area contributed by atoms with Gasteiger partial charge in [-0.25, -0.2) is 0 Å². The lowest BCUT2D eigenvalue weighted by Crippen LogP contribution is -2.40. The fourth-order valence-electron chi connectivity index (χ4n) is 1.98. The highest BCUT2D eigenvalue weighted by Gasteiger charge is 2.17. The predicted octanol–water partition coefficient (Wildman–Crippen LogP) is -0.425. The molecule has 0 aliphatic heterocycles. The van der Waals surface area contributed by atoms with Crippen LogP contribution >= 0.6 is 0 Å². The minimum atomic E-state index is -0.660. The van der Waals surface area contributed by atoms with Gasteiger partial charge in [0.2, 0.25) is 11.8 Å². The molecule has 0 aliphatic rings. The Morgan fingerprint density at radius 1 is 0.913 bits per heavy atom. The van der Waals surface area contributed by atoms with Gasteiger partial charge in [0.15, 0.2) is 0 Å². The molecule has 0 saturated carbocycles. The number of nitrogens with one attached hydrogen (secondary N) is 2. The van der Waals surface area contributed by atoms with E-state index in [-0.39, 0.29) is 36.7 Å². The third kappa shape index (κ3) is 11.1. The molecule has 0 bridgehead atoms. The summed E-state index contributed by atoms with van der Waals surface area (Å²) in [5, 5.41) is 24.9. The number of carbonyl (C=O) groups is 2.